The maximum Gasteiger partial charge on any atom is 0.407 e. The number of hydrogen-bond acceptors (Lipinski definition) is 9. The fourth-order valence-electron chi connectivity index (χ4n) is 8.30. The molecule has 5 heterocycles. The molecule has 2 aliphatic rings. The lowest BCUT2D eigenvalue weighted by molar-refractivity contribution is -0.137. The number of alkyl carbamates (subject to hydrolysis) is 2. The number of fused-ring (bicyclic) bond motifs is 1. The van der Waals surface area contributed by atoms with Crippen molar-refractivity contribution in [2.24, 2.45) is 11.8 Å². The molecule has 0 saturated carbocycles. The van der Waals surface area contributed by atoms with E-state index in [1.165, 1.54) is 14.2 Å². The van der Waals surface area contributed by atoms with E-state index in [2.05, 4.69) is 40.3 Å². The van der Waals surface area contributed by atoms with Gasteiger partial charge in [0.1, 0.15) is 29.5 Å². The predicted octanol–water partition coefficient (Wildman–Crippen LogP) is 7.35. The van der Waals surface area contributed by atoms with Gasteiger partial charge < -0.3 is 49.6 Å². The number of nitrogens with one attached hydrogen (secondary N) is 5. The minimum atomic E-state index is -3.15. The zero-order valence-electron chi connectivity index (χ0n) is 35.8. The van der Waals surface area contributed by atoms with Crippen LogP contribution in [-0.2, 0) is 19.1 Å². The smallest absolute Gasteiger partial charge is 0.407 e. The minimum absolute atomic E-state index is 0.147. The van der Waals surface area contributed by atoms with Gasteiger partial charge in [0.25, 0.3) is 5.92 Å². The van der Waals surface area contributed by atoms with Gasteiger partial charge in [-0.2, -0.15) is 0 Å². The third kappa shape index (κ3) is 8.95. The number of likely N-dealkylation sites (tertiary alicyclic amines) is 2. The van der Waals surface area contributed by atoms with Crippen LogP contribution in [0.4, 0.5) is 18.4 Å². The zero-order chi connectivity index (χ0) is 44.5. The molecule has 5 aromatic rings. The molecule has 4 atom stereocenters. The van der Waals surface area contributed by atoms with Crippen LogP contribution in [0.15, 0.2) is 54.9 Å². The highest BCUT2D eigenvalue weighted by Gasteiger charge is 2.50. The highest BCUT2D eigenvalue weighted by molar-refractivity contribution is 5.91. The topological polar surface area (TPSA) is 200 Å². The molecule has 62 heavy (non-hydrogen) atoms. The number of carbonyl (C=O) groups is 4. The zero-order valence-corrected chi connectivity index (χ0v) is 35.8. The van der Waals surface area contributed by atoms with Gasteiger partial charge in [-0.1, -0.05) is 39.8 Å². The van der Waals surface area contributed by atoms with E-state index in [0.717, 1.165) is 56.7 Å². The molecular formula is C44H53F2N9O7. The quantitative estimate of drug-likeness (QED) is 0.0804. The molecule has 1 unspecified atom stereocenters. The standard InChI is InChI=1S/C44H53F2N9O7/c1-8-62-35-18-26(32-21-47-38(50-32)33-10-9-15-54(33)40(56)36(23(2)3)52-42(58)60-6)11-13-28(35)30-17-27-16-25(12-14-29(27)49-30)31-20-48-39(51-31)34-19-44(45,46)22-55(34)41(57)37(24(4)5)53-43(59)61-7/h11-14,16-18,20-21,23-24,33-34,36-37,49H,8-10,15,19,22H2,1-7H3,(H,47,50)(H,48,51)(H,52,58)(H,53,59)/t33-,34?,36-,37-/m0/s1. The van der Waals surface area contributed by atoms with E-state index in [1.54, 1.807) is 31.1 Å². The van der Waals surface area contributed by atoms with Gasteiger partial charge in [-0.05, 0) is 61.9 Å². The fraction of sp³-hybridized carbons (Fsp3) is 0.455. The Bertz CT molecular complexity index is 2440. The monoisotopic (exact) mass is 857 g/mol. The molecule has 0 bridgehead atoms. The van der Waals surface area contributed by atoms with Crippen molar-refractivity contribution in [3.8, 4) is 39.5 Å². The summed E-state index contributed by atoms with van der Waals surface area (Å²) in [5, 5.41) is 6.05. The fourth-order valence-corrected chi connectivity index (χ4v) is 8.30. The SMILES string of the molecule is CCOc1cc(-c2cnc([C@@H]3CCCN3C(=O)[C@@H](NC(=O)OC)C(C)C)[nH]2)ccc1-c1cc2cc(-c3cnc(C4CC(F)(F)CN4C(=O)[C@@H](NC(=O)OC)C(C)C)[nH]3)ccc2[nH]1. The third-order valence-electron chi connectivity index (χ3n) is 11.5. The average Bonchev–Trinajstić information content (AvgIpc) is 4.10. The first-order valence-electron chi connectivity index (χ1n) is 20.8. The van der Waals surface area contributed by atoms with Crippen LogP contribution in [0.2, 0.25) is 0 Å². The highest BCUT2D eigenvalue weighted by Crippen LogP contribution is 2.42. The van der Waals surface area contributed by atoms with Gasteiger partial charge in [0.05, 0.1) is 68.9 Å². The van der Waals surface area contributed by atoms with Gasteiger partial charge in [0.2, 0.25) is 11.8 Å². The highest BCUT2D eigenvalue weighted by atomic mass is 19.3. The van der Waals surface area contributed by atoms with Crippen molar-refractivity contribution in [2.75, 3.05) is 33.9 Å². The van der Waals surface area contributed by atoms with E-state index in [-0.39, 0.29) is 29.6 Å². The first-order valence-corrected chi connectivity index (χ1v) is 20.8. The van der Waals surface area contributed by atoms with Crippen molar-refractivity contribution in [1.29, 1.82) is 0 Å². The third-order valence-corrected chi connectivity index (χ3v) is 11.5. The Hall–Kier alpha value is -6.46. The Balaban J connectivity index is 1.10. The maximum absolute atomic E-state index is 14.9. The minimum Gasteiger partial charge on any atom is -0.493 e. The van der Waals surface area contributed by atoms with Crippen molar-refractivity contribution >= 4 is 34.9 Å². The van der Waals surface area contributed by atoms with E-state index in [4.69, 9.17) is 9.47 Å². The molecule has 7 rings (SSSR count). The van der Waals surface area contributed by atoms with Gasteiger partial charge >= 0.3 is 12.2 Å². The van der Waals surface area contributed by atoms with Crippen LogP contribution >= 0.6 is 0 Å². The van der Waals surface area contributed by atoms with Gasteiger partial charge in [0, 0.05) is 40.6 Å². The first kappa shape index (κ1) is 43.6. The maximum atomic E-state index is 14.9. The van der Waals surface area contributed by atoms with E-state index in [1.807, 2.05) is 63.2 Å². The van der Waals surface area contributed by atoms with Crippen LogP contribution in [0.1, 0.15) is 77.6 Å². The summed E-state index contributed by atoms with van der Waals surface area (Å²) in [6.07, 6.45) is 2.74. The second kappa shape index (κ2) is 17.9. The van der Waals surface area contributed by atoms with Crippen LogP contribution in [0, 0.1) is 11.8 Å². The molecule has 0 radical (unpaired) electrons. The lowest BCUT2D eigenvalue weighted by atomic mass is 10.0. The lowest BCUT2D eigenvalue weighted by Gasteiger charge is -2.30. The summed E-state index contributed by atoms with van der Waals surface area (Å²) in [4.78, 5) is 73.4. The number of imidazole rings is 2. The summed E-state index contributed by atoms with van der Waals surface area (Å²) < 4.78 is 45.4. The molecule has 2 fully saturated rings. The number of carbonyl (C=O) groups excluding carboxylic acids is 4. The van der Waals surface area contributed by atoms with Crippen LogP contribution in [0.25, 0.3) is 44.7 Å². The molecule has 5 N–H and O–H groups in total. The number of halogens is 2. The Labute approximate surface area is 357 Å². The number of hydrogen-bond donors (Lipinski definition) is 5. The van der Waals surface area contributed by atoms with Crippen LogP contribution in [0.3, 0.4) is 0 Å². The summed E-state index contributed by atoms with van der Waals surface area (Å²) in [5.41, 5.74) is 5.44. The molecule has 2 aromatic carbocycles. The van der Waals surface area contributed by atoms with Crippen molar-refractivity contribution in [1.82, 2.24) is 45.4 Å². The molecule has 3 aromatic heterocycles. The van der Waals surface area contributed by atoms with Crippen LogP contribution < -0.4 is 15.4 Å². The number of aromatic amines is 3. The van der Waals surface area contributed by atoms with E-state index in [9.17, 15) is 28.0 Å². The summed E-state index contributed by atoms with van der Waals surface area (Å²) in [7, 11) is 2.44. The number of benzene rings is 2. The summed E-state index contributed by atoms with van der Waals surface area (Å²) >= 11 is 0. The van der Waals surface area contributed by atoms with Crippen LogP contribution in [-0.4, -0.2) is 111 Å². The molecule has 16 nitrogen and oxygen atoms in total. The number of nitrogens with zero attached hydrogens (tertiary/aromatic N) is 4. The van der Waals surface area contributed by atoms with Crippen molar-refractivity contribution in [3.05, 3.63) is 66.5 Å². The van der Waals surface area contributed by atoms with Crippen molar-refractivity contribution in [2.45, 2.75) is 84.0 Å². The number of aromatic nitrogens is 5. The van der Waals surface area contributed by atoms with Gasteiger partial charge in [-0.25, -0.2) is 28.3 Å². The number of H-pyrrole nitrogens is 3. The molecule has 0 spiro atoms. The Morgan fingerprint density at radius 1 is 0.790 bits per heavy atom. The summed E-state index contributed by atoms with van der Waals surface area (Å²) in [5.74, 6) is -2.99. The van der Waals surface area contributed by atoms with Crippen molar-refractivity contribution in [3.63, 3.8) is 0 Å². The number of amides is 4. The molecule has 2 aliphatic heterocycles. The first-order chi connectivity index (χ1) is 29.6. The van der Waals surface area contributed by atoms with Crippen molar-refractivity contribution < 1.29 is 42.2 Å². The number of alkyl halides is 2. The Kier molecular flexibility index (Phi) is 12.6. The lowest BCUT2D eigenvalue weighted by Crippen LogP contribution is -2.51. The molecule has 4 amide bonds. The second-order valence-corrected chi connectivity index (χ2v) is 16.4. The number of methoxy groups -OCH3 is 2. The largest absolute Gasteiger partial charge is 0.493 e. The predicted molar refractivity (Wildman–Crippen MR) is 226 cm³/mol. The molecule has 0 aliphatic carbocycles. The van der Waals surface area contributed by atoms with Gasteiger partial charge in [-0.3, -0.25) is 9.59 Å². The average molecular weight is 858 g/mol. The number of rotatable bonds is 13. The normalized spacial score (nSPS) is 18.3. The number of ether oxygens (including phenoxy) is 3. The second-order valence-electron chi connectivity index (χ2n) is 16.4. The van der Waals surface area contributed by atoms with E-state index >= 15 is 0 Å². The Morgan fingerprint density at radius 2 is 1.37 bits per heavy atom. The van der Waals surface area contributed by atoms with Crippen LogP contribution in [0.5, 0.6) is 5.75 Å². The van der Waals surface area contributed by atoms with Gasteiger partial charge in [-0.15, -0.1) is 0 Å². The summed E-state index contributed by atoms with van der Waals surface area (Å²) in [6, 6.07) is 10.6. The van der Waals surface area contributed by atoms with E-state index in [0.29, 0.717) is 30.4 Å². The molecule has 330 valence electrons. The molecule has 18 heteroatoms. The summed E-state index contributed by atoms with van der Waals surface area (Å²) in [6.45, 7) is 9.26. The Morgan fingerprint density at radius 3 is 1.97 bits per heavy atom. The molecular weight excluding hydrogens is 805 g/mol. The van der Waals surface area contributed by atoms with Gasteiger partial charge in [0.15, 0.2) is 0 Å². The van der Waals surface area contributed by atoms with E-state index < -0.39 is 55.1 Å². The molecule has 2 saturated heterocycles.